The molecule has 0 radical (unpaired) electrons. The van der Waals surface area contributed by atoms with Crippen molar-refractivity contribution >= 4 is 5.91 Å². The van der Waals surface area contributed by atoms with Gasteiger partial charge in [0.2, 0.25) is 5.91 Å². The Morgan fingerprint density at radius 2 is 2.15 bits per heavy atom. The fraction of sp³-hybridized carbons (Fsp3) is 0.714. The quantitative estimate of drug-likeness (QED) is 0.817. The third kappa shape index (κ3) is 4.05. The first-order valence-corrected chi connectivity index (χ1v) is 7.24. The lowest BCUT2D eigenvalue weighted by molar-refractivity contribution is -0.138. The van der Waals surface area contributed by atoms with Crippen LogP contribution in [-0.4, -0.2) is 59.2 Å². The van der Waals surface area contributed by atoms with Gasteiger partial charge in [-0.15, -0.1) is 0 Å². The molecule has 1 aliphatic rings. The Labute approximate surface area is 120 Å². The maximum absolute atomic E-state index is 12.5. The van der Waals surface area contributed by atoms with E-state index in [2.05, 4.69) is 24.1 Å². The van der Waals surface area contributed by atoms with Gasteiger partial charge in [-0.25, -0.2) is 4.98 Å². The van der Waals surface area contributed by atoms with Gasteiger partial charge in [0.15, 0.2) is 0 Å². The van der Waals surface area contributed by atoms with E-state index in [1.165, 1.54) is 0 Å². The third-order valence-electron chi connectivity index (χ3n) is 3.55. The average molecular weight is 280 g/mol. The van der Waals surface area contributed by atoms with E-state index in [9.17, 15) is 4.79 Å². The molecule has 1 amide bonds. The van der Waals surface area contributed by atoms with Crippen molar-refractivity contribution in [2.75, 3.05) is 32.8 Å². The Kier molecular flexibility index (Phi) is 5.55. The van der Waals surface area contributed by atoms with Crippen molar-refractivity contribution in [3.8, 4) is 0 Å². The number of hydrogen-bond acceptors (Lipinski definition) is 4. The standard InChI is InChI=1S/C14H24N4O2/c1-12(2)13(14(19)18-7-9-20-10-8-18)16-4-6-17-5-3-15-11-17/h3,5,11-13,16H,4,6-10H2,1-2H3/t13-/m0/s1. The number of carbonyl (C=O) groups excluding carboxylic acids is 1. The van der Waals surface area contributed by atoms with Crippen LogP contribution in [0, 0.1) is 5.92 Å². The first kappa shape index (κ1) is 15.0. The van der Waals surface area contributed by atoms with E-state index in [4.69, 9.17) is 4.74 Å². The fourth-order valence-electron chi connectivity index (χ4n) is 2.36. The summed E-state index contributed by atoms with van der Waals surface area (Å²) in [6.45, 7) is 8.42. The summed E-state index contributed by atoms with van der Waals surface area (Å²) in [6, 6.07) is -0.128. The minimum absolute atomic E-state index is 0.128. The molecule has 1 atom stereocenters. The number of carbonyl (C=O) groups is 1. The van der Waals surface area contributed by atoms with Crippen LogP contribution in [0.25, 0.3) is 0 Å². The molecule has 2 rings (SSSR count). The molecule has 0 bridgehead atoms. The van der Waals surface area contributed by atoms with Gasteiger partial charge in [-0.2, -0.15) is 0 Å². The number of ether oxygens (including phenoxy) is 1. The molecule has 0 unspecified atom stereocenters. The van der Waals surface area contributed by atoms with Crippen molar-refractivity contribution in [1.82, 2.24) is 19.8 Å². The molecular weight excluding hydrogens is 256 g/mol. The van der Waals surface area contributed by atoms with Gasteiger partial charge in [-0.1, -0.05) is 13.8 Å². The Morgan fingerprint density at radius 1 is 1.40 bits per heavy atom. The predicted octanol–water partition coefficient (Wildman–Crippen LogP) is 0.356. The Balaban J connectivity index is 1.84. The van der Waals surface area contributed by atoms with E-state index < -0.39 is 0 Å². The van der Waals surface area contributed by atoms with E-state index in [0.29, 0.717) is 26.3 Å². The molecule has 6 nitrogen and oxygen atoms in total. The summed E-state index contributed by atoms with van der Waals surface area (Å²) in [5.74, 6) is 0.460. The molecule has 0 saturated carbocycles. The number of nitrogens with zero attached hydrogens (tertiary/aromatic N) is 3. The summed E-state index contributed by atoms with van der Waals surface area (Å²) < 4.78 is 7.30. The van der Waals surface area contributed by atoms with Crippen molar-refractivity contribution in [2.45, 2.75) is 26.4 Å². The van der Waals surface area contributed by atoms with Crippen molar-refractivity contribution in [1.29, 1.82) is 0 Å². The molecule has 0 aromatic carbocycles. The number of aromatic nitrogens is 2. The number of hydrogen-bond donors (Lipinski definition) is 1. The summed E-state index contributed by atoms with van der Waals surface area (Å²) in [5.41, 5.74) is 0. The highest BCUT2D eigenvalue weighted by molar-refractivity contribution is 5.82. The second-order valence-corrected chi connectivity index (χ2v) is 5.41. The predicted molar refractivity (Wildman–Crippen MR) is 76.3 cm³/mol. The van der Waals surface area contributed by atoms with E-state index in [0.717, 1.165) is 13.1 Å². The number of nitrogens with one attached hydrogen (secondary N) is 1. The minimum atomic E-state index is -0.128. The molecule has 1 N–H and O–H groups in total. The van der Waals surface area contributed by atoms with Crippen molar-refractivity contribution < 1.29 is 9.53 Å². The maximum atomic E-state index is 12.5. The van der Waals surface area contributed by atoms with Gasteiger partial charge in [-0.3, -0.25) is 4.79 Å². The molecular formula is C14H24N4O2. The maximum Gasteiger partial charge on any atom is 0.240 e. The zero-order chi connectivity index (χ0) is 14.4. The van der Waals surface area contributed by atoms with Crippen LogP contribution >= 0.6 is 0 Å². The molecule has 1 aromatic heterocycles. The van der Waals surface area contributed by atoms with Crippen LogP contribution in [-0.2, 0) is 16.1 Å². The summed E-state index contributed by atoms with van der Waals surface area (Å²) in [7, 11) is 0. The van der Waals surface area contributed by atoms with Crippen LogP contribution in [0.4, 0.5) is 0 Å². The first-order chi connectivity index (χ1) is 9.68. The lowest BCUT2D eigenvalue weighted by Crippen LogP contribution is -2.52. The summed E-state index contributed by atoms with van der Waals surface area (Å²) in [6.07, 6.45) is 5.48. The molecule has 1 aromatic rings. The lowest BCUT2D eigenvalue weighted by Gasteiger charge is -2.32. The second-order valence-electron chi connectivity index (χ2n) is 5.41. The minimum Gasteiger partial charge on any atom is -0.378 e. The molecule has 0 spiro atoms. The lowest BCUT2D eigenvalue weighted by atomic mass is 10.0. The van der Waals surface area contributed by atoms with Crippen LogP contribution in [0.1, 0.15) is 13.8 Å². The highest BCUT2D eigenvalue weighted by atomic mass is 16.5. The molecule has 20 heavy (non-hydrogen) atoms. The van der Waals surface area contributed by atoms with Crippen LogP contribution in [0.2, 0.25) is 0 Å². The Hall–Kier alpha value is -1.40. The number of amides is 1. The molecule has 0 aliphatic carbocycles. The smallest absolute Gasteiger partial charge is 0.240 e. The van der Waals surface area contributed by atoms with Crippen LogP contribution in [0.3, 0.4) is 0 Å². The van der Waals surface area contributed by atoms with Gasteiger partial charge in [-0.05, 0) is 5.92 Å². The monoisotopic (exact) mass is 280 g/mol. The van der Waals surface area contributed by atoms with Crippen molar-refractivity contribution in [2.24, 2.45) is 5.92 Å². The molecule has 112 valence electrons. The normalized spacial score (nSPS) is 17.4. The molecule has 1 saturated heterocycles. The Morgan fingerprint density at radius 3 is 2.75 bits per heavy atom. The van der Waals surface area contributed by atoms with E-state index in [-0.39, 0.29) is 17.9 Å². The van der Waals surface area contributed by atoms with Gasteiger partial charge < -0.3 is 19.5 Å². The number of imidazole rings is 1. The van der Waals surface area contributed by atoms with Gasteiger partial charge in [0.1, 0.15) is 0 Å². The van der Waals surface area contributed by atoms with Crippen LogP contribution in [0.5, 0.6) is 0 Å². The molecule has 1 aliphatic heterocycles. The molecule has 6 heteroatoms. The van der Waals surface area contributed by atoms with E-state index >= 15 is 0 Å². The average Bonchev–Trinajstić information content (AvgIpc) is 2.97. The molecule has 1 fully saturated rings. The topological polar surface area (TPSA) is 59.4 Å². The second kappa shape index (κ2) is 7.40. The largest absolute Gasteiger partial charge is 0.378 e. The number of rotatable bonds is 6. The van der Waals surface area contributed by atoms with Crippen molar-refractivity contribution in [3.05, 3.63) is 18.7 Å². The van der Waals surface area contributed by atoms with Crippen LogP contribution in [0.15, 0.2) is 18.7 Å². The van der Waals surface area contributed by atoms with Gasteiger partial charge in [0, 0.05) is 38.6 Å². The first-order valence-electron chi connectivity index (χ1n) is 7.24. The van der Waals surface area contributed by atoms with Gasteiger partial charge >= 0.3 is 0 Å². The highest BCUT2D eigenvalue weighted by Crippen LogP contribution is 2.08. The Bertz CT molecular complexity index is 399. The zero-order valence-corrected chi connectivity index (χ0v) is 12.3. The summed E-state index contributed by atoms with van der Waals surface area (Å²) in [5, 5.41) is 3.37. The van der Waals surface area contributed by atoms with Gasteiger partial charge in [0.25, 0.3) is 0 Å². The SMILES string of the molecule is CC(C)[C@H](NCCn1ccnc1)C(=O)N1CCOCC1. The van der Waals surface area contributed by atoms with E-state index in [1.54, 1.807) is 12.5 Å². The van der Waals surface area contributed by atoms with Crippen molar-refractivity contribution in [3.63, 3.8) is 0 Å². The number of morpholine rings is 1. The zero-order valence-electron chi connectivity index (χ0n) is 12.3. The third-order valence-corrected chi connectivity index (χ3v) is 3.55. The summed E-state index contributed by atoms with van der Waals surface area (Å²) >= 11 is 0. The summed E-state index contributed by atoms with van der Waals surface area (Å²) in [4.78, 5) is 18.4. The fourth-order valence-corrected chi connectivity index (χ4v) is 2.36. The van der Waals surface area contributed by atoms with E-state index in [1.807, 2.05) is 15.7 Å². The van der Waals surface area contributed by atoms with Crippen LogP contribution < -0.4 is 5.32 Å². The highest BCUT2D eigenvalue weighted by Gasteiger charge is 2.27. The van der Waals surface area contributed by atoms with Gasteiger partial charge in [0.05, 0.1) is 25.6 Å². The molecule has 2 heterocycles.